The first kappa shape index (κ1) is 17.7. The van der Waals surface area contributed by atoms with Gasteiger partial charge in [0.2, 0.25) is 16.1 Å². The Labute approximate surface area is 151 Å². The lowest BCUT2D eigenvalue weighted by Crippen LogP contribution is -2.23. The van der Waals surface area contributed by atoms with E-state index in [1.807, 2.05) is 24.3 Å². The summed E-state index contributed by atoms with van der Waals surface area (Å²) in [7, 11) is -1.03. The number of methoxy groups -OCH3 is 1. The van der Waals surface area contributed by atoms with Gasteiger partial charge in [-0.3, -0.25) is 4.79 Å². The zero-order valence-corrected chi connectivity index (χ0v) is 14.6. The first-order chi connectivity index (χ1) is 12.6. The number of hydrogen-bond acceptors (Lipinski definition) is 7. The molecule has 0 fully saturated rings. The number of para-hydroxylation sites is 1. The van der Waals surface area contributed by atoms with E-state index in [2.05, 4.69) is 10.2 Å². The van der Waals surface area contributed by atoms with E-state index in [9.17, 15) is 13.2 Å². The summed E-state index contributed by atoms with van der Waals surface area (Å²) in [5, 5.41) is 7.12. The number of carbonyl (C=O) groups is 1. The molecule has 7 nitrogen and oxygen atoms in total. The van der Waals surface area contributed by atoms with Crippen molar-refractivity contribution < 1.29 is 22.7 Å². The molecule has 0 saturated carbocycles. The Balaban J connectivity index is 1.89. The molecule has 8 heteroatoms. The van der Waals surface area contributed by atoms with Crippen molar-refractivity contribution in [1.29, 1.82) is 0 Å². The fourth-order valence-corrected chi connectivity index (χ4v) is 2.84. The Morgan fingerprint density at radius 1 is 1.08 bits per heavy atom. The zero-order valence-electron chi connectivity index (χ0n) is 13.7. The maximum Gasteiger partial charge on any atom is 0.225 e. The van der Waals surface area contributed by atoms with Crippen LogP contribution in [0.4, 0.5) is 0 Å². The van der Waals surface area contributed by atoms with Crippen molar-refractivity contribution in [2.45, 2.75) is 0 Å². The molecule has 0 N–H and O–H groups in total. The number of carbonyl (C=O) groups excluding carboxylic acids is 1. The van der Waals surface area contributed by atoms with Crippen LogP contribution in [0.3, 0.4) is 0 Å². The predicted molar refractivity (Wildman–Crippen MR) is 98.6 cm³/mol. The summed E-state index contributed by atoms with van der Waals surface area (Å²) in [6, 6.07) is 14.2. The Kier molecular flexibility index (Phi) is 5.35. The lowest BCUT2D eigenvalue weighted by atomic mass is 9.99. The number of nitrogens with zero attached hydrogens (tertiary/aromatic N) is 2. The van der Waals surface area contributed by atoms with Gasteiger partial charge in [-0.2, -0.15) is 13.5 Å². The highest BCUT2D eigenvalue weighted by Crippen LogP contribution is 2.30. The maximum atomic E-state index is 12.5. The van der Waals surface area contributed by atoms with Crippen molar-refractivity contribution >= 4 is 32.9 Å². The molecule has 1 aliphatic heterocycles. The Bertz CT molecular complexity index is 1030. The average Bonchev–Trinajstić information content (AvgIpc) is 3.16. The smallest absolute Gasteiger partial charge is 0.225 e. The van der Waals surface area contributed by atoms with Crippen molar-refractivity contribution in [1.82, 2.24) is 0 Å². The molecule has 0 bridgehead atoms. The number of benzene rings is 2. The van der Waals surface area contributed by atoms with E-state index in [0.29, 0.717) is 11.3 Å². The van der Waals surface area contributed by atoms with E-state index in [4.69, 9.17) is 9.47 Å². The second-order valence-corrected chi connectivity index (χ2v) is 6.15. The summed E-state index contributed by atoms with van der Waals surface area (Å²) < 4.78 is 32.7. The summed E-state index contributed by atoms with van der Waals surface area (Å²) in [6.45, 7) is 0.123. The minimum atomic E-state index is -2.57. The second kappa shape index (κ2) is 7.85. The summed E-state index contributed by atoms with van der Waals surface area (Å²) in [4.78, 5) is 12.3. The Hall–Kier alpha value is -3.10. The number of ether oxygens (including phenoxy) is 2. The normalized spacial score (nSPS) is 12.8. The summed E-state index contributed by atoms with van der Waals surface area (Å²) in [5.41, 5.74) is 1.82. The van der Waals surface area contributed by atoms with Gasteiger partial charge in [0.15, 0.2) is 12.5 Å². The lowest BCUT2D eigenvalue weighted by Gasteiger charge is -2.11. The highest BCUT2D eigenvalue weighted by atomic mass is 32.2. The third kappa shape index (κ3) is 3.61. The van der Waals surface area contributed by atoms with Crippen LogP contribution in [-0.4, -0.2) is 44.9 Å². The topological polar surface area (TPSA) is 94.4 Å². The number of Topliss-reactive ketones (excluding diaryl/α,β-unsaturated/α-hetero) is 1. The molecule has 0 atom stereocenters. The van der Waals surface area contributed by atoms with Crippen LogP contribution in [-0.2, 0) is 15.0 Å². The zero-order chi connectivity index (χ0) is 18.5. The Morgan fingerprint density at radius 2 is 1.81 bits per heavy atom. The molecule has 1 aliphatic rings. The van der Waals surface area contributed by atoms with Crippen molar-refractivity contribution in [2.75, 3.05) is 13.9 Å². The second-order valence-electron chi connectivity index (χ2n) is 5.25. The Morgan fingerprint density at radius 3 is 2.50 bits per heavy atom. The average molecular weight is 370 g/mol. The van der Waals surface area contributed by atoms with Crippen LogP contribution in [0.5, 0.6) is 5.75 Å². The van der Waals surface area contributed by atoms with E-state index in [-0.39, 0.29) is 17.4 Å². The summed E-state index contributed by atoms with van der Waals surface area (Å²) >= 11 is 0. The van der Waals surface area contributed by atoms with Gasteiger partial charge in [0.1, 0.15) is 10.6 Å². The largest absolute Gasteiger partial charge is 0.467 e. The molecule has 26 heavy (non-hydrogen) atoms. The van der Waals surface area contributed by atoms with Gasteiger partial charge in [-0.05, 0) is 11.6 Å². The highest BCUT2D eigenvalue weighted by molar-refractivity contribution is 7.77. The van der Waals surface area contributed by atoms with Crippen molar-refractivity contribution in [3.8, 4) is 16.9 Å². The van der Waals surface area contributed by atoms with Gasteiger partial charge in [0.05, 0.1) is 6.21 Å². The minimum absolute atomic E-state index is 0.123. The third-order valence-corrected chi connectivity index (χ3v) is 4.30. The number of ketones is 1. The van der Waals surface area contributed by atoms with Crippen molar-refractivity contribution in [3.63, 3.8) is 0 Å². The minimum Gasteiger partial charge on any atom is -0.467 e. The molecule has 0 aromatic heterocycles. The predicted octanol–water partition coefficient (Wildman–Crippen LogP) is 2.01. The molecule has 0 amide bonds. The van der Waals surface area contributed by atoms with Crippen LogP contribution in [0.15, 0.2) is 58.7 Å². The van der Waals surface area contributed by atoms with E-state index < -0.39 is 16.1 Å². The molecule has 0 unspecified atom stereocenters. The van der Waals surface area contributed by atoms with Gasteiger partial charge < -0.3 is 9.47 Å². The first-order valence-electron chi connectivity index (χ1n) is 7.55. The molecule has 0 spiro atoms. The molecule has 2 aromatic carbocycles. The summed E-state index contributed by atoms with van der Waals surface area (Å²) in [6.07, 6.45) is 1.05. The maximum absolute atomic E-state index is 12.5. The molecular formula is C18H14N2O5S. The van der Waals surface area contributed by atoms with Gasteiger partial charge in [0.25, 0.3) is 0 Å². The SMILES string of the molecule is COCOc1ccccc1-c1ccc(C(=O)C2=NN=CC2=S(=O)=O)cc1. The van der Waals surface area contributed by atoms with Crippen LogP contribution < -0.4 is 4.74 Å². The van der Waals surface area contributed by atoms with Crippen LogP contribution in [0.25, 0.3) is 11.1 Å². The molecule has 3 rings (SSSR count). The van der Waals surface area contributed by atoms with Gasteiger partial charge in [-0.1, -0.05) is 42.5 Å². The number of rotatable bonds is 6. The van der Waals surface area contributed by atoms with Crippen molar-refractivity contribution in [3.05, 3.63) is 54.1 Å². The van der Waals surface area contributed by atoms with Crippen LogP contribution in [0.1, 0.15) is 10.4 Å². The van der Waals surface area contributed by atoms with Crippen LogP contribution in [0.2, 0.25) is 0 Å². The summed E-state index contributed by atoms with van der Waals surface area (Å²) in [5.74, 6) is 0.150. The van der Waals surface area contributed by atoms with E-state index in [1.165, 1.54) is 0 Å². The van der Waals surface area contributed by atoms with Gasteiger partial charge in [0, 0.05) is 18.2 Å². The fourth-order valence-electron chi connectivity index (χ4n) is 2.42. The molecule has 0 saturated heterocycles. The van der Waals surface area contributed by atoms with Gasteiger partial charge >= 0.3 is 0 Å². The lowest BCUT2D eigenvalue weighted by molar-refractivity contribution is 0.0515. The third-order valence-electron chi connectivity index (χ3n) is 3.64. The number of hydrogen-bond donors (Lipinski definition) is 0. The quantitative estimate of drug-likeness (QED) is 0.440. The molecular weight excluding hydrogens is 356 g/mol. The molecule has 0 radical (unpaired) electrons. The van der Waals surface area contributed by atoms with Crippen molar-refractivity contribution in [2.24, 2.45) is 10.2 Å². The fraction of sp³-hybridized carbons (Fsp3) is 0.111. The van der Waals surface area contributed by atoms with Gasteiger partial charge in [-0.15, -0.1) is 5.10 Å². The van der Waals surface area contributed by atoms with Crippen LogP contribution >= 0.6 is 0 Å². The molecule has 2 aromatic rings. The molecule has 132 valence electrons. The van der Waals surface area contributed by atoms with Gasteiger partial charge in [-0.25, -0.2) is 0 Å². The van der Waals surface area contributed by atoms with E-state index in [1.54, 1.807) is 31.4 Å². The van der Waals surface area contributed by atoms with E-state index in [0.717, 1.165) is 17.3 Å². The first-order valence-corrected chi connectivity index (χ1v) is 8.63. The van der Waals surface area contributed by atoms with Crippen LogP contribution in [0, 0.1) is 0 Å². The molecule has 0 aliphatic carbocycles. The molecule has 1 heterocycles. The van der Waals surface area contributed by atoms with E-state index >= 15 is 0 Å². The standard InChI is InChI=1S/C18H14N2O5S/c1-24-11-25-15-5-3-2-4-14(15)12-6-8-13(9-7-12)18(21)17-16(26(22)23)10-19-20-17/h2-10H,11H2,1H3. The monoisotopic (exact) mass is 370 g/mol. The highest BCUT2D eigenvalue weighted by Gasteiger charge is 2.23.